The molecule has 3 heteroatoms. The van der Waals surface area contributed by atoms with Crippen LogP contribution >= 0.6 is 11.6 Å². The molecule has 0 heterocycles. The summed E-state index contributed by atoms with van der Waals surface area (Å²) in [6.45, 7) is 3.91. The van der Waals surface area contributed by atoms with E-state index < -0.39 is 0 Å². The molecule has 0 unspecified atom stereocenters. The fraction of sp³-hybridized carbons (Fsp3) is 0.200. The Labute approximate surface area is 53.7 Å². The lowest BCUT2D eigenvalue weighted by Crippen LogP contribution is -2.04. The molecule has 8 heavy (non-hydrogen) atoms. The molecule has 2 nitrogen and oxygen atoms in total. The molecule has 0 aliphatic carbocycles. The van der Waals surface area contributed by atoms with Crippen LogP contribution in [-0.2, 0) is 4.84 Å². The van der Waals surface area contributed by atoms with E-state index in [0.717, 1.165) is 0 Å². The minimum atomic E-state index is 0.473. The van der Waals surface area contributed by atoms with Crippen LogP contribution in [0, 0.1) is 0 Å². The van der Waals surface area contributed by atoms with Crippen molar-refractivity contribution in [2.24, 2.45) is 0 Å². The van der Waals surface area contributed by atoms with E-state index in [0.29, 0.717) is 6.61 Å². The fourth-order valence-electron chi connectivity index (χ4n) is 0.181. The molecule has 0 amide bonds. The van der Waals surface area contributed by atoms with E-state index in [1.807, 2.05) is 0 Å². The summed E-state index contributed by atoms with van der Waals surface area (Å²) in [6.07, 6.45) is 3.11. The van der Waals surface area contributed by atoms with Gasteiger partial charge < -0.3 is 0 Å². The lowest BCUT2D eigenvalue weighted by Gasteiger charge is -1.94. The maximum Gasteiger partial charge on any atom is 0.0924 e. The Morgan fingerprint density at radius 2 is 2.50 bits per heavy atom. The molecule has 0 aliphatic rings. The van der Waals surface area contributed by atoms with Crippen molar-refractivity contribution in [1.29, 1.82) is 0 Å². The zero-order valence-corrected chi connectivity index (χ0v) is 5.19. The van der Waals surface area contributed by atoms with Gasteiger partial charge in [0.25, 0.3) is 0 Å². The number of hydrogen-bond donors (Lipinski definition) is 1. The first kappa shape index (κ1) is 7.53. The molecule has 0 fully saturated rings. The van der Waals surface area contributed by atoms with Crippen LogP contribution in [0.15, 0.2) is 24.4 Å². The molecule has 46 valence electrons. The van der Waals surface area contributed by atoms with Crippen LogP contribution in [-0.4, -0.2) is 6.61 Å². The van der Waals surface area contributed by atoms with E-state index in [4.69, 9.17) is 11.6 Å². The predicted octanol–water partition coefficient (Wildman–Crippen LogP) is 1.40. The summed E-state index contributed by atoms with van der Waals surface area (Å²) in [5, 5.41) is 0. The maximum absolute atomic E-state index is 5.13. The molecule has 0 bridgehead atoms. The van der Waals surface area contributed by atoms with E-state index in [9.17, 15) is 0 Å². The van der Waals surface area contributed by atoms with Crippen LogP contribution in [0.3, 0.4) is 0 Å². The van der Waals surface area contributed by atoms with E-state index >= 15 is 0 Å². The summed E-state index contributed by atoms with van der Waals surface area (Å²) in [7, 11) is 0. The van der Waals surface area contributed by atoms with E-state index in [1.54, 1.807) is 6.08 Å². The highest BCUT2D eigenvalue weighted by Gasteiger charge is 1.70. The number of hydrogen-bond acceptors (Lipinski definition) is 2. The summed E-state index contributed by atoms with van der Waals surface area (Å²) in [6, 6.07) is 0. The molecular formula is C5H8ClNO. The van der Waals surface area contributed by atoms with Gasteiger partial charge in [0.15, 0.2) is 0 Å². The Kier molecular flexibility index (Phi) is 6.15. The molecule has 0 spiro atoms. The van der Waals surface area contributed by atoms with Gasteiger partial charge in [-0.15, -0.1) is 6.58 Å². The molecule has 0 rings (SSSR count). The van der Waals surface area contributed by atoms with Gasteiger partial charge in [-0.25, -0.2) is 0 Å². The average molecular weight is 134 g/mol. The SMILES string of the molecule is C=CCON/C=C\Cl. The summed E-state index contributed by atoms with van der Waals surface area (Å²) < 4.78 is 0. The Morgan fingerprint density at radius 1 is 1.75 bits per heavy atom. The van der Waals surface area contributed by atoms with Gasteiger partial charge in [0, 0.05) is 11.7 Å². The third kappa shape index (κ3) is 5.53. The van der Waals surface area contributed by atoms with Crippen LogP contribution in [0.25, 0.3) is 0 Å². The van der Waals surface area contributed by atoms with Crippen LogP contribution in [0.2, 0.25) is 0 Å². The van der Waals surface area contributed by atoms with Crippen LogP contribution in [0.5, 0.6) is 0 Å². The largest absolute Gasteiger partial charge is 0.273 e. The number of rotatable bonds is 4. The van der Waals surface area contributed by atoms with Crippen molar-refractivity contribution in [2.75, 3.05) is 6.61 Å². The number of halogens is 1. The smallest absolute Gasteiger partial charge is 0.0924 e. The quantitative estimate of drug-likeness (QED) is 0.356. The first-order valence-electron chi connectivity index (χ1n) is 2.15. The van der Waals surface area contributed by atoms with Crippen molar-refractivity contribution in [3.05, 3.63) is 24.4 Å². The zero-order valence-electron chi connectivity index (χ0n) is 4.43. The van der Waals surface area contributed by atoms with Gasteiger partial charge in [0.1, 0.15) is 0 Å². The minimum Gasteiger partial charge on any atom is -0.273 e. The summed E-state index contributed by atoms with van der Waals surface area (Å²) in [5.41, 5.74) is 3.77. The van der Waals surface area contributed by atoms with Gasteiger partial charge in [-0.05, 0) is 0 Å². The summed E-state index contributed by atoms with van der Waals surface area (Å²) in [5.74, 6) is 0. The maximum atomic E-state index is 5.13. The second-order valence-electron chi connectivity index (χ2n) is 1.01. The lowest BCUT2D eigenvalue weighted by atomic mass is 10.7. The van der Waals surface area contributed by atoms with Crippen molar-refractivity contribution < 1.29 is 4.84 Å². The predicted molar refractivity (Wildman–Crippen MR) is 34.3 cm³/mol. The highest BCUT2D eigenvalue weighted by atomic mass is 35.5. The van der Waals surface area contributed by atoms with E-state index in [1.165, 1.54) is 11.7 Å². The lowest BCUT2D eigenvalue weighted by molar-refractivity contribution is 0.0958. The normalized spacial score (nSPS) is 9.62. The Balaban J connectivity index is 2.82. The molecule has 0 saturated carbocycles. The number of hydroxylamine groups is 1. The molecule has 0 saturated heterocycles. The molecule has 0 aromatic rings. The van der Waals surface area contributed by atoms with Gasteiger partial charge in [-0.3, -0.25) is 10.3 Å². The zero-order chi connectivity index (χ0) is 6.24. The average Bonchev–Trinajstić information content (AvgIpc) is 1.81. The van der Waals surface area contributed by atoms with Gasteiger partial charge in [-0.1, -0.05) is 17.7 Å². The van der Waals surface area contributed by atoms with E-state index in [2.05, 4.69) is 16.9 Å². The highest BCUT2D eigenvalue weighted by molar-refractivity contribution is 6.25. The van der Waals surface area contributed by atoms with Crippen LogP contribution < -0.4 is 5.48 Å². The highest BCUT2D eigenvalue weighted by Crippen LogP contribution is 1.73. The monoisotopic (exact) mass is 133 g/mol. The van der Waals surface area contributed by atoms with Crippen molar-refractivity contribution in [3.8, 4) is 0 Å². The first-order valence-corrected chi connectivity index (χ1v) is 2.59. The third-order valence-corrected chi connectivity index (χ3v) is 0.542. The van der Waals surface area contributed by atoms with Crippen LogP contribution in [0.4, 0.5) is 0 Å². The molecular weight excluding hydrogens is 126 g/mol. The van der Waals surface area contributed by atoms with Crippen molar-refractivity contribution >= 4 is 11.6 Å². The van der Waals surface area contributed by atoms with Gasteiger partial charge in [0.05, 0.1) is 6.61 Å². The van der Waals surface area contributed by atoms with E-state index in [-0.39, 0.29) is 0 Å². The fourth-order valence-corrected chi connectivity index (χ4v) is 0.232. The summed E-state index contributed by atoms with van der Waals surface area (Å²) in [4.78, 5) is 4.68. The Bertz CT molecular complexity index is 82.5. The molecule has 0 aliphatic heterocycles. The molecule has 1 N–H and O–H groups in total. The number of nitrogens with one attached hydrogen (secondary N) is 1. The molecule has 0 atom stereocenters. The summed E-state index contributed by atoms with van der Waals surface area (Å²) >= 11 is 5.13. The van der Waals surface area contributed by atoms with Crippen molar-refractivity contribution in [2.45, 2.75) is 0 Å². The minimum absolute atomic E-state index is 0.473. The Morgan fingerprint density at radius 3 is 3.00 bits per heavy atom. The van der Waals surface area contributed by atoms with Gasteiger partial charge in [-0.2, -0.15) is 0 Å². The van der Waals surface area contributed by atoms with Gasteiger partial charge >= 0.3 is 0 Å². The second kappa shape index (κ2) is 6.53. The Hall–Kier alpha value is -0.470. The van der Waals surface area contributed by atoms with Gasteiger partial charge in [0.2, 0.25) is 0 Å². The molecule has 0 radical (unpaired) electrons. The topological polar surface area (TPSA) is 21.3 Å². The van der Waals surface area contributed by atoms with Crippen molar-refractivity contribution in [3.63, 3.8) is 0 Å². The second-order valence-corrected chi connectivity index (χ2v) is 1.26. The first-order chi connectivity index (χ1) is 3.91. The standard InChI is InChI=1S/C5H8ClNO/c1-2-5-8-7-4-3-6/h2-4,7H,1,5H2/b4-3-. The molecule has 0 aromatic heterocycles. The molecule has 0 aromatic carbocycles. The van der Waals surface area contributed by atoms with Crippen molar-refractivity contribution in [1.82, 2.24) is 5.48 Å². The third-order valence-electron chi connectivity index (χ3n) is 0.416. The van der Waals surface area contributed by atoms with Crippen LogP contribution in [0.1, 0.15) is 0 Å².